The van der Waals surface area contributed by atoms with E-state index in [4.69, 9.17) is 4.74 Å². The van der Waals surface area contributed by atoms with Gasteiger partial charge in [-0.05, 0) is 19.4 Å². The van der Waals surface area contributed by atoms with Crippen molar-refractivity contribution in [3.05, 3.63) is 40.6 Å². The van der Waals surface area contributed by atoms with Crippen molar-refractivity contribution in [3.63, 3.8) is 0 Å². The normalized spacial score (nSPS) is 18.6. The van der Waals surface area contributed by atoms with Crippen molar-refractivity contribution in [3.8, 4) is 0 Å². The van der Waals surface area contributed by atoms with Crippen LogP contribution in [0.4, 0.5) is 11.5 Å². The number of anilines is 1. The highest BCUT2D eigenvalue weighted by Gasteiger charge is 2.24. The summed E-state index contributed by atoms with van der Waals surface area (Å²) in [6.07, 6.45) is 2.85. The molecule has 2 rings (SSSR count). The Kier molecular flexibility index (Phi) is 4.11. The van der Waals surface area contributed by atoms with Gasteiger partial charge in [0.25, 0.3) is 5.69 Å². The van der Waals surface area contributed by atoms with Crippen LogP contribution in [0.2, 0.25) is 0 Å². The van der Waals surface area contributed by atoms with Gasteiger partial charge in [0.15, 0.2) is 0 Å². The maximum atomic E-state index is 10.7. The predicted molar refractivity (Wildman–Crippen MR) is 72.4 cm³/mol. The molecule has 1 fully saturated rings. The second-order valence-electron chi connectivity index (χ2n) is 4.51. The Balaban J connectivity index is 2.05. The van der Waals surface area contributed by atoms with E-state index < -0.39 is 4.92 Å². The standard InChI is InChI=1S/C13H17N3O3/c1-3-8-19-11-6-7-15(9-11)13-5-4-12(16(17)18)10(2)14-13/h3-5,11H,1,6-9H2,2H3. The summed E-state index contributed by atoms with van der Waals surface area (Å²) >= 11 is 0. The number of aryl methyl sites for hydroxylation is 1. The zero-order valence-electron chi connectivity index (χ0n) is 10.9. The van der Waals surface area contributed by atoms with Crippen LogP contribution in [0.1, 0.15) is 12.1 Å². The topological polar surface area (TPSA) is 68.5 Å². The molecule has 0 radical (unpaired) electrons. The molecule has 1 unspecified atom stereocenters. The summed E-state index contributed by atoms with van der Waals surface area (Å²) in [5, 5.41) is 10.7. The lowest BCUT2D eigenvalue weighted by molar-refractivity contribution is -0.385. The van der Waals surface area contributed by atoms with E-state index in [1.807, 2.05) is 0 Å². The van der Waals surface area contributed by atoms with Crippen molar-refractivity contribution in [2.75, 3.05) is 24.6 Å². The van der Waals surface area contributed by atoms with Gasteiger partial charge in [-0.15, -0.1) is 6.58 Å². The Morgan fingerprint density at radius 2 is 2.47 bits per heavy atom. The molecular weight excluding hydrogens is 246 g/mol. The van der Waals surface area contributed by atoms with E-state index in [-0.39, 0.29) is 11.8 Å². The lowest BCUT2D eigenvalue weighted by Gasteiger charge is -2.17. The van der Waals surface area contributed by atoms with Crippen LogP contribution in [0.3, 0.4) is 0 Å². The number of hydrogen-bond donors (Lipinski definition) is 0. The maximum absolute atomic E-state index is 10.7. The fraction of sp³-hybridized carbons (Fsp3) is 0.462. The van der Waals surface area contributed by atoms with Gasteiger partial charge < -0.3 is 9.64 Å². The van der Waals surface area contributed by atoms with Gasteiger partial charge in [-0.25, -0.2) is 4.98 Å². The number of pyridine rings is 1. The lowest BCUT2D eigenvalue weighted by Crippen LogP contribution is -2.24. The molecule has 1 aliphatic heterocycles. The smallest absolute Gasteiger partial charge is 0.290 e. The number of rotatable bonds is 5. The molecule has 0 saturated carbocycles. The molecule has 102 valence electrons. The van der Waals surface area contributed by atoms with Crippen LogP contribution >= 0.6 is 0 Å². The van der Waals surface area contributed by atoms with Crippen molar-refractivity contribution in [2.24, 2.45) is 0 Å². The molecule has 1 saturated heterocycles. The second kappa shape index (κ2) is 5.79. The largest absolute Gasteiger partial charge is 0.372 e. The summed E-state index contributed by atoms with van der Waals surface area (Å²) in [5.41, 5.74) is 0.500. The molecule has 1 aliphatic rings. The van der Waals surface area contributed by atoms with E-state index in [1.165, 1.54) is 6.07 Å². The Labute approximate surface area is 111 Å². The molecule has 0 amide bonds. The van der Waals surface area contributed by atoms with Crippen LogP contribution in [-0.4, -0.2) is 35.7 Å². The number of hydrogen-bond acceptors (Lipinski definition) is 5. The molecule has 0 aliphatic carbocycles. The Morgan fingerprint density at radius 1 is 1.68 bits per heavy atom. The fourth-order valence-electron chi connectivity index (χ4n) is 2.19. The van der Waals surface area contributed by atoms with Gasteiger partial charge in [-0.2, -0.15) is 0 Å². The fourth-order valence-corrected chi connectivity index (χ4v) is 2.19. The third-order valence-corrected chi connectivity index (χ3v) is 3.16. The molecule has 0 spiro atoms. The Bertz CT molecular complexity index is 490. The molecule has 6 heteroatoms. The molecule has 1 aromatic heterocycles. The molecule has 6 nitrogen and oxygen atoms in total. The molecule has 0 bridgehead atoms. The average Bonchev–Trinajstić information content (AvgIpc) is 2.84. The predicted octanol–water partition coefficient (Wildman–Crippen LogP) is 2.08. The number of nitrogens with zero attached hydrogens (tertiary/aromatic N) is 3. The Hall–Kier alpha value is -1.95. The summed E-state index contributed by atoms with van der Waals surface area (Å²) in [7, 11) is 0. The minimum absolute atomic E-state index is 0.0578. The first-order valence-corrected chi connectivity index (χ1v) is 6.21. The molecule has 1 atom stereocenters. The lowest BCUT2D eigenvalue weighted by atomic mass is 10.3. The first kappa shape index (κ1) is 13.5. The van der Waals surface area contributed by atoms with Crippen molar-refractivity contribution < 1.29 is 9.66 Å². The first-order valence-electron chi connectivity index (χ1n) is 6.21. The van der Waals surface area contributed by atoms with Gasteiger partial charge in [0.2, 0.25) is 0 Å². The van der Waals surface area contributed by atoms with Crippen molar-refractivity contribution in [1.82, 2.24) is 4.98 Å². The van der Waals surface area contributed by atoms with Gasteiger partial charge in [0, 0.05) is 19.2 Å². The highest BCUT2D eigenvalue weighted by Crippen LogP contribution is 2.24. The van der Waals surface area contributed by atoms with Gasteiger partial charge >= 0.3 is 0 Å². The first-order chi connectivity index (χ1) is 9.11. The molecular formula is C13H17N3O3. The van der Waals surface area contributed by atoms with E-state index >= 15 is 0 Å². The SMILES string of the molecule is C=CCOC1CCN(c2ccc([N+](=O)[O-])c(C)n2)C1. The minimum atomic E-state index is -0.411. The maximum Gasteiger partial charge on any atom is 0.290 e. The van der Waals surface area contributed by atoms with E-state index in [0.29, 0.717) is 12.3 Å². The Morgan fingerprint density at radius 3 is 3.11 bits per heavy atom. The minimum Gasteiger partial charge on any atom is -0.372 e. The quantitative estimate of drug-likeness (QED) is 0.462. The summed E-state index contributed by atoms with van der Waals surface area (Å²) in [5.74, 6) is 0.771. The third-order valence-electron chi connectivity index (χ3n) is 3.16. The molecule has 1 aromatic rings. The van der Waals surface area contributed by atoms with Gasteiger partial charge in [-0.3, -0.25) is 10.1 Å². The van der Waals surface area contributed by atoms with Crippen molar-refractivity contribution >= 4 is 11.5 Å². The average molecular weight is 263 g/mol. The molecule has 0 N–H and O–H groups in total. The van der Waals surface area contributed by atoms with Crippen molar-refractivity contribution in [1.29, 1.82) is 0 Å². The van der Waals surface area contributed by atoms with Gasteiger partial charge in [0.1, 0.15) is 11.5 Å². The monoisotopic (exact) mass is 263 g/mol. The van der Waals surface area contributed by atoms with Crippen molar-refractivity contribution in [2.45, 2.75) is 19.4 Å². The van der Waals surface area contributed by atoms with Crippen LogP contribution in [-0.2, 0) is 4.74 Å². The molecule has 19 heavy (non-hydrogen) atoms. The number of ether oxygens (including phenoxy) is 1. The van der Waals surface area contributed by atoms with Crippen LogP contribution in [0.15, 0.2) is 24.8 Å². The summed E-state index contributed by atoms with van der Waals surface area (Å²) in [6, 6.07) is 3.20. The zero-order valence-corrected chi connectivity index (χ0v) is 10.9. The number of nitro groups is 1. The highest BCUT2D eigenvalue weighted by atomic mass is 16.6. The highest BCUT2D eigenvalue weighted by molar-refractivity contribution is 5.47. The summed E-state index contributed by atoms with van der Waals surface area (Å²) in [6.45, 7) is 7.44. The second-order valence-corrected chi connectivity index (χ2v) is 4.51. The van der Waals surface area contributed by atoms with E-state index in [9.17, 15) is 10.1 Å². The van der Waals surface area contributed by atoms with E-state index in [0.717, 1.165) is 25.3 Å². The van der Waals surface area contributed by atoms with Crippen LogP contribution in [0.25, 0.3) is 0 Å². The summed E-state index contributed by atoms with van der Waals surface area (Å²) in [4.78, 5) is 16.7. The molecule has 0 aromatic carbocycles. The summed E-state index contributed by atoms with van der Waals surface area (Å²) < 4.78 is 5.60. The van der Waals surface area contributed by atoms with Crippen LogP contribution in [0.5, 0.6) is 0 Å². The van der Waals surface area contributed by atoms with Gasteiger partial charge in [0.05, 0.1) is 17.6 Å². The zero-order chi connectivity index (χ0) is 13.8. The van der Waals surface area contributed by atoms with Crippen LogP contribution < -0.4 is 4.90 Å². The third kappa shape index (κ3) is 3.08. The molecule has 2 heterocycles. The van der Waals surface area contributed by atoms with E-state index in [2.05, 4.69) is 16.5 Å². The van der Waals surface area contributed by atoms with Crippen LogP contribution in [0, 0.1) is 17.0 Å². The van der Waals surface area contributed by atoms with Gasteiger partial charge in [-0.1, -0.05) is 6.08 Å². The number of aromatic nitrogens is 1. The van der Waals surface area contributed by atoms with E-state index in [1.54, 1.807) is 19.1 Å².